The summed E-state index contributed by atoms with van der Waals surface area (Å²) in [6.45, 7) is 6.73. The molecule has 0 amide bonds. The van der Waals surface area contributed by atoms with E-state index in [2.05, 4.69) is 13.8 Å². The van der Waals surface area contributed by atoms with Gasteiger partial charge in [0.15, 0.2) is 0 Å². The maximum atomic E-state index is 15.1. The van der Waals surface area contributed by atoms with Gasteiger partial charge < -0.3 is 4.90 Å². The lowest BCUT2D eigenvalue weighted by molar-refractivity contribution is 0.401. The maximum absolute atomic E-state index is 15.1. The van der Waals surface area contributed by atoms with Crippen LogP contribution in [0.4, 0.5) is 8.78 Å². The fourth-order valence-electron chi connectivity index (χ4n) is 4.21. The van der Waals surface area contributed by atoms with Crippen molar-refractivity contribution in [3.8, 4) is 0 Å². The predicted molar refractivity (Wildman–Crippen MR) is 141 cm³/mol. The Morgan fingerprint density at radius 2 is 1.94 bits per heavy atom. The highest BCUT2D eigenvalue weighted by atomic mass is 32.2. The van der Waals surface area contributed by atoms with E-state index in [0.717, 1.165) is 35.1 Å². The van der Waals surface area contributed by atoms with Crippen molar-refractivity contribution in [2.45, 2.75) is 69.7 Å². The number of hydrogen-bond acceptors (Lipinski definition) is 2. The molecule has 3 rings (SSSR count). The third-order valence-corrected chi connectivity index (χ3v) is 8.52. The van der Waals surface area contributed by atoms with E-state index in [1.54, 1.807) is 18.2 Å². The van der Waals surface area contributed by atoms with Gasteiger partial charge in [-0.2, -0.15) is 0 Å². The van der Waals surface area contributed by atoms with Crippen molar-refractivity contribution in [2.75, 3.05) is 14.1 Å². The quantitative estimate of drug-likeness (QED) is 0.436. The summed E-state index contributed by atoms with van der Waals surface area (Å²) >= 11 is 5.70. The number of rotatable bonds is 8. The SMILES string of the molecule is CCC=S(N)(=NC(=S)Cc1c(C(C)C)cc(F)cc1C1CC1)c1ccc(CN(C)C)cc1F. The van der Waals surface area contributed by atoms with Crippen LogP contribution in [0.3, 0.4) is 0 Å². The minimum absolute atomic E-state index is 0.162. The highest BCUT2D eigenvalue weighted by Gasteiger charge is 2.29. The molecular formula is C26H35F2N3S2. The standard InChI is InChI=1S/C26H35F2N3S2/c1-6-11-33(29,25-10-7-18(12-24(25)28)16-31(4)5)30-26(32)15-23-21(17(2)3)13-20(27)14-22(23)19-8-9-19/h7,10-14,17,19H,6,8-9,15-16H2,1-5H3,(H2,29,30,32). The van der Waals surface area contributed by atoms with Crippen LogP contribution in [-0.4, -0.2) is 29.4 Å². The van der Waals surface area contributed by atoms with E-state index < -0.39 is 9.60 Å². The smallest absolute Gasteiger partial charge is 0.138 e. The summed E-state index contributed by atoms with van der Waals surface area (Å²) in [6, 6.07) is 8.43. The zero-order valence-corrected chi connectivity index (χ0v) is 21.8. The summed E-state index contributed by atoms with van der Waals surface area (Å²) in [4.78, 5) is 2.81. The van der Waals surface area contributed by atoms with Gasteiger partial charge in [-0.1, -0.05) is 39.1 Å². The Labute approximate surface area is 203 Å². The van der Waals surface area contributed by atoms with Crippen LogP contribution in [0.25, 0.3) is 0 Å². The van der Waals surface area contributed by atoms with Gasteiger partial charge in [0.05, 0.1) is 4.90 Å². The van der Waals surface area contributed by atoms with Gasteiger partial charge in [0.2, 0.25) is 0 Å². The summed E-state index contributed by atoms with van der Waals surface area (Å²) in [5, 5.41) is 8.61. The molecule has 0 heterocycles. The highest BCUT2D eigenvalue weighted by Crippen LogP contribution is 2.44. The number of benzene rings is 2. The Morgan fingerprint density at radius 3 is 2.48 bits per heavy atom. The number of thiocarbonyl (C=S) groups is 1. The first-order chi connectivity index (χ1) is 15.5. The average Bonchev–Trinajstić information content (AvgIpc) is 3.53. The van der Waals surface area contributed by atoms with Gasteiger partial charge in [-0.25, -0.2) is 13.1 Å². The monoisotopic (exact) mass is 491 g/mol. The second kappa shape index (κ2) is 10.7. The Hall–Kier alpha value is -1.67. The molecule has 1 aliphatic rings. The van der Waals surface area contributed by atoms with E-state index in [1.807, 2.05) is 37.4 Å². The average molecular weight is 492 g/mol. The van der Waals surface area contributed by atoms with E-state index in [1.165, 1.54) is 6.07 Å². The molecule has 3 nitrogen and oxygen atoms in total. The Balaban J connectivity index is 2.02. The van der Waals surface area contributed by atoms with Crippen LogP contribution in [-0.2, 0) is 22.6 Å². The summed E-state index contributed by atoms with van der Waals surface area (Å²) < 4.78 is 34.2. The summed E-state index contributed by atoms with van der Waals surface area (Å²) in [5.41, 5.74) is 3.94. The number of nitrogens with two attached hydrogens (primary N) is 1. The lowest BCUT2D eigenvalue weighted by Crippen LogP contribution is -2.20. The van der Waals surface area contributed by atoms with Gasteiger partial charge in [-0.05, 0) is 107 Å². The fourth-order valence-corrected chi connectivity index (χ4v) is 6.65. The summed E-state index contributed by atoms with van der Waals surface area (Å²) in [5.74, 6) is -0.0126. The minimum Gasteiger partial charge on any atom is -0.305 e. The molecule has 33 heavy (non-hydrogen) atoms. The molecule has 1 aliphatic carbocycles. The molecule has 2 N–H and O–H groups in total. The number of hydrogen-bond donors (Lipinski definition) is 1. The van der Waals surface area contributed by atoms with Crippen molar-refractivity contribution in [3.05, 3.63) is 64.2 Å². The fraction of sp³-hybridized carbons (Fsp3) is 0.462. The zero-order chi connectivity index (χ0) is 24.3. The van der Waals surface area contributed by atoms with E-state index in [0.29, 0.717) is 35.2 Å². The maximum Gasteiger partial charge on any atom is 0.138 e. The molecule has 0 bridgehead atoms. The molecule has 0 aliphatic heterocycles. The first-order valence-corrected chi connectivity index (χ1v) is 13.6. The van der Waals surface area contributed by atoms with Crippen molar-refractivity contribution < 1.29 is 8.78 Å². The van der Waals surface area contributed by atoms with Crippen LogP contribution in [0.5, 0.6) is 0 Å². The largest absolute Gasteiger partial charge is 0.305 e. The summed E-state index contributed by atoms with van der Waals surface area (Å²) in [6.07, 6.45) is 3.20. The molecule has 1 fully saturated rings. The Bertz CT molecular complexity index is 1140. The molecule has 1 atom stereocenters. The van der Waals surface area contributed by atoms with Crippen molar-refractivity contribution in [1.29, 1.82) is 0 Å². The molecule has 0 radical (unpaired) electrons. The zero-order valence-electron chi connectivity index (χ0n) is 20.2. The van der Waals surface area contributed by atoms with Gasteiger partial charge in [0.1, 0.15) is 16.6 Å². The van der Waals surface area contributed by atoms with Crippen molar-refractivity contribution >= 4 is 32.2 Å². The van der Waals surface area contributed by atoms with E-state index in [4.69, 9.17) is 21.7 Å². The molecule has 2 aromatic rings. The van der Waals surface area contributed by atoms with Gasteiger partial charge in [-0.3, -0.25) is 5.14 Å². The first kappa shape index (κ1) is 25.9. The van der Waals surface area contributed by atoms with Crippen LogP contribution in [0.1, 0.15) is 74.1 Å². The van der Waals surface area contributed by atoms with Gasteiger partial charge >= 0.3 is 0 Å². The third-order valence-electron chi connectivity index (χ3n) is 5.77. The van der Waals surface area contributed by atoms with Crippen LogP contribution >= 0.6 is 12.2 Å². The molecule has 0 aromatic heterocycles. The Morgan fingerprint density at radius 1 is 1.24 bits per heavy atom. The van der Waals surface area contributed by atoms with Crippen LogP contribution in [0, 0.1) is 11.6 Å². The first-order valence-electron chi connectivity index (χ1n) is 11.5. The second-order valence-electron chi connectivity index (χ2n) is 9.40. The van der Waals surface area contributed by atoms with E-state index >= 15 is 4.39 Å². The molecule has 0 spiro atoms. The lowest BCUT2D eigenvalue weighted by atomic mass is 9.89. The number of halogens is 2. The summed E-state index contributed by atoms with van der Waals surface area (Å²) in [7, 11) is 1.46. The highest BCUT2D eigenvalue weighted by molar-refractivity contribution is 8.02. The van der Waals surface area contributed by atoms with Gasteiger partial charge in [0.25, 0.3) is 0 Å². The lowest BCUT2D eigenvalue weighted by Gasteiger charge is -2.19. The molecule has 0 saturated heterocycles. The van der Waals surface area contributed by atoms with Crippen molar-refractivity contribution in [1.82, 2.24) is 4.90 Å². The molecular weight excluding hydrogens is 456 g/mol. The third kappa shape index (κ3) is 6.47. The molecule has 1 unspecified atom stereocenters. The number of nitrogens with zero attached hydrogens (tertiary/aromatic N) is 2. The van der Waals surface area contributed by atoms with E-state index in [9.17, 15) is 4.39 Å². The molecule has 180 valence electrons. The molecule has 7 heteroatoms. The topological polar surface area (TPSA) is 41.6 Å². The van der Waals surface area contributed by atoms with Gasteiger partial charge in [0, 0.05) is 13.0 Å². The van der Waals surface area contributed by atoms with Crippen LogP contribution in [0.15, 0.2) is 39.6 Å². The Kier molecular flexibility index (Phi) is 8.43. The minimum atomic E-state index is -2.43. The van der Waals surface area contributed by atoms with Gasteiger partial charge in [-0.15, -0.1) is 0 Å². The normalized spacial score (nSPS) is 15.6. The second-order valence-corrected chi connectivity index (χ2v) is 12.2. The molecule has 1 saturated carbocycles. The van der Waals surface area contributed by atoms with Crippen LogP contribution < -0.4 is 5.14 Å². The van der Waals surface area contributed by atoms with Crippen molar-refractivity contribution in [3.63, 3.8) is 0 Å². The van der Waals surface area contributed by atoms with E-state index in [-0.39, 0.29) is 17.6 Å². The van der Waals surface area contributed by atoms with Crippen LogP contribution in [0.2, 0.25) is 0 Å². The predicted octanol–water partition coefficient (Wildman–Crippen LogP) is 6.38. The van der Waals surface area contributed by atoms with Crippen molar-refractivity contribution in [2.24, 2.45) is 9.50 Å². The molecule has 2 aromatic carbocycles.